The van der Waals surface area contributed by atoms with Crippen LogP contribution in [0.25, 0.3) is 10.9 Å². The molecule has 5 heteroatoms. The van der Waals surface area contributed by atoms with E-state index in [0.717, 1.165) is 29.7 Å². The number of nitrogens with zero attached hydrogens (tertiary/aromatic N) is 1. The third-order valence-electron chi connectivity index (χ3n) is 6.65. The highest BCUT2D eigenvalue weighted by Crippen LogP contribution is 2.63. The lowest BCUT2D eigenvalue weighted by Crippen LogP contribution is -2.63. The Bertz CT molecular complexity index is 835. The molecule has 0 radical (unpaired) electrons. The lowest BCUT2D eigenvalue weighted by Gasteiger charge is -2.64. The summed E-state index contributed by atoms with van der Waals surface area (Å²) in [6, 6.07) is 9.56. The molecular weight excluding hydrogens is 299 g/mol. The molecule has 1 aromatic carbocycles. The van der Waals surface area contributed by atoms with E-state index in [1.165, 1.54) is 6.42 Å². The molecule has 24 heavy (non-hydrogen) atoms. The number of H-pyrrole nitrogens is 1. The van der Waals surface area contributed by atoms with Crippen molar-refractivity contribution in [2.75, 3.05) is 0 Å². The van der Waals surface area contributed by atoms with Gasteiger partial charge in [0.15, 0.2) is 0 Å². The second-order valence-electron chi connectivity index (χ2n) is 8.23. The van der Waals surface area contributed by atoms with Gasteiger partial charge in [0.25, 0.3) is 0 Å². The van der Waals surface area contributed by atoms with Crippen molar-refractivity contribution in [2.24, 2.45) is 17.3 Å². The van der Waals surface area contributed by atoms with Crippen LogP contribution in [0.4, 0.5) is 0 Å². The number of aromatic amines is 1. The lowest BCUT2D eigenvalue weighted by molar-refractivity contribution is -0.185. The molecule has 3 aliphatic carbocycles. The normalized spacial score (nSPS) is 30.6. The summed E-state index contributed by atoms with van der Waals surface area (Å²) in [6.45, 7) is 6.78. The standard InChI is InChI=1S/C19H23BN2O2/c1-18(2)13-7-8-19(3,16(18)9-13)24-20(23)17-10-14-12(11-21)5-4-6-15(14)22-17/h4-6,10,13,16,22-23H,7-9H2,1-3H3. The number of rotatable bonds is 3. The van der Waals surface area contributed by atoms with E-state index in [4.69, 9.17) is 4.65 Å². The Hall–Kier alpha value is -1.77. The van der Waals surface area contributed by atoms with Crippen molar-refractivity contribution in [3.05, 3.63) is 29.8 Å². The van der Waals surface area contributed by atoms with Gasteiger partial charge in [-0.15, -0.1) is 0 Å². The van der Waals surface area contributed by atoms with E-state index in [-0.39, 0.29) is 5.60 Å². The molecule has 0 saturated heterocycles. The van der Waals surface area contributed by atoms with E-state index in [9.17, 15) is 10.3 Å². The molecule has 3 aliphatic rings. The van der Waals surface area contributed by atoms with Crippen molar-refractivity contribution in [3.8, 4) is 6.07 Å². The minimum Gasteiger partial charge on any atom is -0.422 e. The number of hydrogen-bond donors (Lipinski definition) is 2. The van der Waals surface area contributed by atoms with E-state index >= 15 is 0 Å². The Morgan fingerprint density at radius 3 is 2.83 bits per heavy atom. The van der Waals surface area contributed by atoms with Crippen LogP contribution in [-0.2, 0) is 4.65 Å². The lowest BCUT2D eigenvalue weighted by atomic mass is 9.44. The summed E-state index contributed by atoms with van der Waals surface area (Å²) in [5.74, 6) is 1.28. The maximum absolute atomic E-state index is 10.7. The summed E-state index contributed by atoms with van der Waals surface area (Å²) < 4.78 is 6.20. The highest BCUT2D eigenvalue weighted by atomic mass is 16.5. The van der Waals surface area contributed by atoms with Crippen molar-refractivity contribution < 1.29 is 9.68 Å². The molecule has 0 amide bonds. The monoisotopic (exact) mass is 322 g/mol. The van der Waals surface area contributed by atoms with Crippen LogP contribution in [-0.4, -0.2) is 22.7 Å². The summed E-state index contributed by atoms with van der Waals surface area (Å²) in [7, 11) is -0.998. The van der Waals surface area contributed by atoms with Crippen LogP contribution >= 0.6 is 0 Å². The molecule has 3 atom stereocenters. The Balaban J connectivity index is 1.61. The first-order chi connectivity index (χ1) is 11.3. The maximum Gasteiger partial charge on any atom is 0.508 e. The van der Waals surface area contributed by atoms with Gasteiger partial charge >= 0.3 is 7.12 Å². The molecule has 2 N–H and O–H groups in total. The fraction of sp³-hybridized carbons (Fsp3) is 0.526. The van der Waals surface area contributed by atoms with Crippen LogP contribution in [0.1, 0.15) is 45.6 Å². The first kappa shape index (κ1) is 15.7. The zero-order valence-corrected chi connectivity index (χ0v) is 14.5. The van der Waals surface area contributed by atoms with Gasteiger partial charge < -0.3 is 14.7 Å². The average molecular weight is 322 g/mol. The zero-order valence-electron chi connectivity index (χ0n) is 14.5. The summed E-state index contributed by atoms with van der Waals surface area (Å²) >= 11 is 0. The molecule has 2 bridgehead atoms. The summed E-state index contributed by atoms with van der Waals surface area (Å²) in [4.78, 5) is 3.20. The molecule has 124 valence electrons. The smallest absolute Gasteiger partial charge is 0.422 e. The highest BCUT2D eigenvalue weighted by Gasteiger charge is 2.60. The Morgan fingerprint density at radius 2 is 2.17 bits per heavy atom. The minimum absolute atomic E-state index is 0.293. The van der Waals surface area contributed by atoms with E-state index in [1.54, 1.807) is 6.07 Å². The first-order valence-electron chi connectivity index (χ1n) is 8.73. The largest absolute Gasteiger partial charge is 0.508 e. The topological polar surface area (TPSA) is 69.0 Å². The Kier molecular flexibility index (Phi) is 3.35. The molecule has 1 heterocycles. The van der Waals surface area contributed by atoms with Crippen LogP contribution in [0, 0.1) is 28.6 Å². The molecule has 3 unspecified atom stereocenters. The van der Waals surface area contributed by atoms with Crippen LogP contribution in [0.3, 0.4) is 0 Å². The fourth-order valence-corrected chi connectivity index (χ4v) is 5.04. The molecule has 3 saturated carbocycles. The number of nitrogens with one attached hydrogen (secondary N) is 1. The van der Waals surface area contributed by atoms with Gasteiger partial charge in [0.1, 0.15) is 0 Å². The average Bonchev–Trinajstić information content (AvgIpc) is 2.98. The Morgan fingerprint density at radius 1 is 1.38 bits per heavy atom. The number of hydrogen-bond acceptors (Lipinski definition) is 3. The van der Waals surface area contributed by atoms with Gasteiger partial charge in [0.05, 0.1) is 17.2 Å². The van der Waals surface area contributed by atoms with E-state index in [2.05, 4.69) is 31.8 Å². The summed E-state index contributed by atoms with van der Waals surface area (Å²) in [5, 5.41) is 20.7. The minimum atomic E-state index is -0.998. The molecule has 0 spiro atoms. The predicted molar refractivity (Wildman–Crippen MR) is 94.7 cm³/mol. The molecule has 5 rings (SSSR count). The van der Waals surface area contributed by atoms with Gasteiger partial charge in [-0.2, -0.15) is 5.26 Å². The van der Waals surface area contributed by atoms with Crippen LogP contribution < -0.4 is 5.59 Å². The van der Waals surface area contributed by atoms with Crippen molar-refractivity contribution in [2.45, 2.75) is 45.6 Å². The predicted octanol–water partition coefficient (Wildman–Crippen LogP) is 2.96. The molecule has 0 aliphatic heterocycles. The third kappa shape index (κ3) is 2.13. The molecule has 3 fully saturated rings. The van der Waals surface area contributed by atoms with Crippen molar-refractivity contribution in [1.82, 2.24) is 4.98 Å². The number of fused-ring (bicyclic) bond motifs is 3. The third-order valence-corrected chi connectivity index (χ3v) is 6.65. The number of aromatic nitrogens is 1. The SMILES string of the molecule is CC1(OB(O)c2cc3c(C#N)cccc3[nH]2)CCC2CC1C2(C)C. The fourth-order valence-electron chi connectivity index (χ4n) is 5.04. The number of nitriles is 1. The van der Waals surface area contributed by atoms with Crippen LogP contribution in [0.5, 0.6) is 0 Å². The van der Waals surface area contributed by atoms with Gasteiger partial charge in [-0.25, -0.2) is 0 Å². The van der Waals surface area contributed by atoms with Crippen molar-refractivity contribution in [3.63, 3.8) is 0 Å². The van der Waals surface area contributed by atoms with Gasteiger partial charge in [-0.3, -0.25) is 0 Å². The second-order valence-corrected chi connectivity index (χ2v) is 8.23. The zero-order chi connectivity index (χ0) is 17.1. The summed E-state index contributed by atoms with van der Waals surface area (Å²) in [5.41, 5.74) is 2.07. The van der Waals surface area contributed by atoms with Crippen molar-refractivity contribution >= 4 is 23.6 Å². The first-order valence-corrected chi connectivity index (χ1v) is 8.73. The van der Waals surface area contributed by atoms with Gasteiger partial charge in [0, 0.05) is 16.5 Å². The van der Waals surface area contributed by atoms with Crippen molar-refractivity contribution in [1.29, 1.82) is 5.26 Å². The van der Waals surface area contributed by atoms with Gasteiger partial charge in [-0.05, 0) is 61.6 Å². The van der Waals surface area contributed by atoms with E-state index in [1.807, 2.05) is 18.2 Å². The van der Waals surface area contributed by atoms with Crippen LogP contribution in [0.15, 0.2) is 24.3 Å². The highest BCUT2D eigenvalue weighted by molar-refractivity contribution is 6.59. The molecule has 1 aromatic heterocycles. The van der Waals surface area contributed by atoms with Gasteiger partial charge in [0.2, 0.25) is 0 Å². The van der Waals surface area contributed by atoms with E-state index in [0.29, 0.717) is 22.5 Å². The quantitative estimate of drug-likeness (QED) is 0.854. The molecular formula is C19H23BN2O2. The van der Waals surface area contributed by atoms with Gasteiger partial charge in [-0.1, -0.05) is 19.9 Å². The molecule has 4 nitrogen and oxygen atoms in total. The van der Waals surface area contributed by atoms with E-state index < -0.39 is 7.12 Å². The Labute approximate surface area is 143 Å². The summed E-state index contributed by atoms with van der Waals surface area (Å²) in [6.07, 6.45) is 3.35. The maximum atomic E-state index is 10.7. The van der Waals surface area contributed by atoms with Crippen LogP contribution in [0.2, 0.25) is 0 Å². The second kappa shape index (κ2) is 5.11. The molecule has 2 aromatic rings. The number of benzene rings is 1.